The molecule has 0 bridgehead atoms. The molecule has 0 fully saturated rings. The predicted molar refractivity (Wildman–Crippen MR) is 304 cm³/mol. The van der Waals surface area contributed by atoms with Gasteiger partial charge in [0.15, 0.2) is 5.78 Å². The second-order valence-electron chi connectivity index (χ2n) is 21.0. The zero-order valence-corrected chi connectivity index (χ0v) is 47.5. The molecule has 0 spiro atoms. The summed E-state index contributed by atoms with van der Waals surface area (Å²) < 4.78 is 0. The van der Waals surface area contributed by atoms with Crippen molar-refractivity contribution in [3.05, 3.63) is 56.9 Å². The molecule has 0 aliphatic carbocycles. The van der Waals surface area contributed by atoms with Gasteiger partial charge in [0.25, 0.3) is 0 Å². The highest BCUT2D eigenvalue weighted by atomic mass is 32.1. The van der Waals surface area contributed by atoms with Gasteiger partial charge < -0.3 is 15.3 Å². The van der Waals surface area contributed by atoms with Crippen LogP contribution in [-0.2, 0) is 5.60 Å². The van der Waals surface area contributed by atoms with Gasteiger partial charge in [0.05, 0.1) is 25.1 Å². The monoisotopic (exact) mass is 1010 g/mol. The molecule has 0 aliphatic heterocycles. The minimum Gasteiger partial charge on any atom is -0.506 e. The quantitative estimate of drug-likeness (QED) is 0.0307. The van der Waals surface area contributed by atoms with E-state index in [0.29, 0.717) is 29.9 Å². The Labute approximate surface area is 433 Å². The number of aromatic hydroxyl groups is 2. The number of rotatable bonds is 39. The molecule has 8 heteroatoms. The molecule has 4 rings (SSSR count). The highest BCUT2D eigenvalue weighted by Gasteiger charge is 2.36. The Bertz CT molecular complexity index is 1830. The maximum absolute atomic E-state index is 13.1. The lowest BCUT2D eigenvalue weighted by Crippen LogP contribution is -2.30. The van der Waals surface area contributed by atoms with Crippen LogP contribution in [0.4, 0.5) is 0 Å². The first-order chi connectivity index (χ1) is 33.0. The summed E-state index contributed by atoms with van der Waals surface area (Å²) in [6, 6.07) is 7.60. The molecule has 4 atom stereocenters. The number of ketones is 1. The van der Waals surface area contributed by atoms with Gasteiger partial charge in [-0.1, -0.05) is 222 Å². The molecule has 4 aromatic heterocycles. The summed E-state index contributed by atoms with van der Waals surface area (Å²) in [5.74, 6) is 3.31. The summed E-state index contributed by atoms with van der Waals surface area (Å²) in [7, 11) is 0. The number of carbonyl (C=O) groups excluding carboxylic acids is 1. The van der Waals surface area contributed by atoms with Crippen molar-refractivity contribution >= 4 is 51.1 Å². The SMILES string of the molecule is CCCCCCCCC(CCCCCC)CC(=O)c1ccsc1-c1sccc1O.CCCCCCCCC(CCCCCC)CC(O)(CCC(C)CCCC(C)C)c1ccsc1-c1sccc1O. The lowest BCUT2D eigenvalue weighted by Gasteiger charge is -2.34. The zero-order chi connectivity index (χ0) is 49.4. The van der Waals surface area contributed by atoms with E-state index in [1.165, 1.54) is 185 Å². The molecule has 0 amide bonds. The van der Waals surface area contributed by atoms with Crippen LogP contribution < -0.4 is 0 Å². The van der Waals surface area contributed by atoms with E-state index >= 15 is 0 Å². The van der Waals surface area contributed by atoms with Crippen molar-refractivity contribution in [2.75, 3.05) is 0 Å². The molecule has 0 aromatic carbocycles. The Kier molecular flexibility index (Phi) is 32.0. The Hall–Kier alpha value is -1.97. The van der Waals surface area contributed by atoms with E-state index in [0.717, 1.165) is 55.8 Å². The zero-order valence-electron chi connectivity index (χ0n) is 44.2. The highest BCUT2D eigenvalue weighted by molar-refractivity contribution is 7.21. The minimum absolute atomic E-state index is 0.250. The van der Waals surface area contributed by atoms with Crippen LogP contribution in [0.25, 0.3) is 19.5 Å². The number of aliphatic hydroxyl groups is 1. The Morgan fingerprint density at radius 1 is 0.485 bits per heavy atom. The molecule has 3 N–H and O–H groups in total. The van der Waals surface area contributed by atoms with Crippen molar-refractivity contribution in [2.45, 2.75) is 253 Å². The molecule has 0 saturated heterocycles. The van der Waals surface area contributed by atoms with Crippen LogP contribution in [0.2, 0.25) is 0 Å². The normalized spacial score (nSPS) is 13.9. The van der Waals surface area contributed by atoms with E-state index in [-0.39, 0.29) is 11.5 Å². The molecule has 68 heavy (non-hydrogen) atoms. The number of Topliss-reactive ketones (excluding diaryl/α,β-unsaturated/α-hetero) is 1. The summed E-state index contributed by atoms with van der Waals surface area (Å²) in [6.07, 6.45) is 38.0. The Morgan fingerprint density at radius 2 is 0.912 bits per heavy atom. The molecule has 0 aliphatic rings. The van der Waals surface area contributed by atoms with E-state index in [2.05, 4.69) is 59.9 Å². The van der Waals surface area contributed by atoms with Crippen LogP contribution in [-0.4, -0.2) is 21.1 Å². The van der Waals surface area contributed by atoms with Crippen LogP contribution >= 0.6 is 45.3 Å². The average Bonchev–Trinajstić information content (AvgIpc) is 4.17. The fourth-order valence-electron chi connectivity index (χ4n) is 10.0. The lowest BCUT2D eigenvalue weighted by atomic mass is 9.76. The number of carbonyl (C=O) groups is 1. The van der Waals surface area contributed by atoms with Gasteiger partial charge in [-0.15, -0.1) is 45.3 Å². The number of thiophene rings is 4. The summed E-state index contributed by atoms with van der Waals surface area (Å²) >= 11 is 6.33. The van der Waals surface area contributed by atoms with Crippen molar-refractivity contribution < 1.29 is 20.1 Å². The lowest BCUT2D eigenvalue weighted by molar-refractivity contribution is -0.00522. The van der Waals surface area contributed by atoms with E-state index in [1.54, 1.807) is 46.1 Å². The third-order valence-electron chi connectivity index (χ3n) is 14.3. The predicted octanol–water partition coefficient (Wildman–Crippen LogP) is 21.4. The largest absolute Gasteiger partial charge is 0.506 e. The first-order valence-electron chi connectivity index (χ1n) is 27.9. The molecule has 4 aromatic rings. The molecule has 386 valence electrons. The van der Waals surface area contributed by atoms with Crippen molar-refractivity contribution in [3.8, 4) is 31.0 Å². The van der Waals surface area contributed by atoms with E-state index in [1.807, 2.05) is 22.2 Å². The van der Waals surface area contributed by atoms with Crippen molar-refractivity contribution in [2.24, 2.45) is 23.7 Å². The van der Waals surface area contributed by atoms with Crippen LogP contribution in [0.3, 0.4) is 0 Å². The number of unbranched alkanes of at least 4 members (excludes halogenated alkanes) is 16. The molecule has 4 nitrogen and oxygen atoms in total. The first kappa shape index (κ1) is 60.3. The molecule has 0 saturated carbocycles. The topological polar surface area (TPSA) is 77.8 Å². The van der Waals surface area contributed by atoms with E-state index in [4.69, 9.17) is 0 Å². The maximum Gasteiger partial charge on any atom is 0.164 e. The molecular weight excluding hydrogens is 913 g/mol. The van der Waals surface area contributed by atoms with Gasteiger partial charge in [0.2, 0.25) is 0 Å². The molecular formula is C60H98O4S4. The second-order valence-corrected chi connectivity index (χ2v) is 24.6. The summed E-state index contributed by atoms with van der Waals surface area (Å²) in [4.78, 5) is 16.9. The first-order valence-corrected chi connectivity index (χ1v) is 31.4. The summed E-state index contributed by atoms with van der Waals surface area (Å²) in [5.41, 5.74) is 1.02. The van der Waals surface area contributed by atoms with Crippen LogP contribution in [0.1, 0.15) is 263 Å². The van der Waals surface area contributed by atoms with Gasteiger partial charge in [0.1, 0.15) is 11.5 Å². The highest BCUT2D eigenvalue weighted by Crippen LogP contribution is 2.48. The number of hydrogen-bond acceptors (Lipinski definition) is 8. The maximum atomic E-state index is 13.1. The standard InChI is InChI=1S/C35H60O2S2.C25H38O2S2/c1-6-8-10-12-13-15-20-30(19-14-11-9-7-2)27-35(37,24-21-29(5)18-16-17-28(3)4)31-22-25-38-33(31)34-32(36)23-26-39-34;1-3-5-7-9-10-12-14-20(13-11-8-6-4-2)19-23(27)21-15-17-28-24(21)25-22(26)16-18-29-25/h22-23,25-26,28-30,36-37H,6-21,24,27H2,1-5H3;15-18,20,26H,3-14,19H2,1-2H3. The third kappa shape index (κ3) is 23.1. The Balaban J connectivity index is 0.000000376. The van der Waals surface area contributed by atoms with Crippen molar-refractivity contribution in [3.63, 3.8) is 0 Å². The third-order valence-corrected chi connectivity index (χ3v) is 18.3. The summed E-state index contributed by atoms with van der Waals surface area (Å²) in [5, 5.41) is 41.2. The molecule has 0 radical (unpaired) electrons. The summed E-state index contributed by atoms with van der Waals surface area (Å²) in [6.45, 7) is 16.1. The fourth-order valence-corrected chi connectivity index (χ4v) is 13.9. The van der Waals surface area contributed by atoms with E-state index in [9.17, 15) is 20.1 Å². The number of hydrogen-bond donors (Lipinski definition) is 3. The fraction of sp³-hybridized carbons (Fsp3) is 0.717. The van der Waals surface area contributed by atoms with Gasteiger partial charge >= 0.3 is 0 Å². The second kappa shape index (κ2) is 36.0. The van der Waals surface area contributed by atoms with Gasteiger partial charge in [-0.2, -0.15) is 0 Å². The smallest absolute Gasteiger partial charge is 0.164 e. The van der Waals surface area contributed by atoms with Crippen LogP contribution in [0, 0.1) is 23.7 Å². The minimum atomic E-state index is -0.838. The van der Waals surface area contributed by atoms with Gasteiger partial charge in [-0.25, -0.2) is 0 Å². The molecule has 4 heterocycles. The van der Waals surface area contributed by atoms with Crippen LogP contribution in [0.5, 0.6) is 11.5 Å². The Morgan fingerprint density at radius 3 is 1.41 bits per heavy atom. The van der Waals surface area contributed by atoms with Gasteiger partial charge in [0, 0.05) is 17.5 Å². The van der Waals surface area contributed by atoms with Crippen molar-refractivity contribution in [1.82, 2.24) is 0 Å². The molecule has 4 unspecified atom stereocenters. The van der Waals surface area contributed by atoms with E-state index < -0.39 is 5.60 Å². The van der Waals surface area contributed by atoms with Gasteiger partial charge in [-0.05, 0) is 88.7 Å². The van der Waals surface area contributed by atoms with Crippen LogP contribution in [0.15, 0.2) is 45.8 Å². The average molecular weight is 1010 g/mol. The van der Waals surface area contributed by atoms with Crippen molar-refractivity contribution in [1.29, 1.82) is 0 Å². The van der Waals surface area contributed by atoms with Gasteiger partial charge in [-0.3, -0.25) is 4.79 Å².